The van der Waals surface area contributed by atoms with Crippen molar-refractivity contribution in [1.29, 1.82) is 0 Å². The van der Waals surface area contributed by atoms with Crippen LogP contribution in [-0.4, -0.2) is 14.2 Å². The van der Waals surface area contributed by atoms with Gasteiger partial charge in [-0.1, -0.05) is 36.4 Å². The van der Waals surface area contributed by atoms with Gasteiger partial charge in [0.15, 0.2) is 0 Å². The van der Waals surface area contributed by atoms with Crippen LogP contribution in [0.3, 0.4) is 0 Å². The second-order valence-electron chi connectivity index (χ2n) is 6.06. The molecule has 0 aromatic heterocycles. The van der Waals surface area contributed by atoms with E-state index in [-0.39, 0.29) is 5.41 Å². The average molecular weight is 306 g/mol. The summed E-state index contributed by atoms with van der Waals surface area (Å²) in [7, 11) is 3.37. The Balaban J connectivity index is 2.16. The Morgan fingerprint density at radius 2 is 1.17 bits per heavy atom. The molecule has 3 rings (SSSR count). The molecule has 0 heterocycles. The molecule has 0 N–H and O–H groups in total. The molecule has 1 aliphatic carbocycles. The van der Waals surface area contributed by atoms with Crippen molar-refractivity contribution in [2.75, 3.05) is 14.2 Å². The van der Waals surface area contributed by atoms with Crippen LogP contribution in [0.25, 0.3) is 0 Å². The summed E-state index contributed by atoms with van der Waals surface area (Å²) in [6, 6.07) is 16.6. The van der Waals surface area contributed by atoms with Gasteiger partial charge in [-0.25, -0.2) is 0 Å². The first-order valence-corrected chi connectivity index (χ1v) is 7.72. The van der Waals surface area contributed by atoms with Crippen LogP contribution in [0.15, 0.2) is 71.8 Å². The van der Waals surface area contributed by atoms with Crippen molar-refractivity contribution in [2.45, 2.75) is 19.3 Å². The first-order valence-electron chi connectivity index (χ1n) is 7.72. The summed E-state index contributed by atoms with van der Waals surface area (Å²) >= 11 is 0. The molecule has 2 aromatic carbocycles. The molecule has 0 amide bonds. The highest BCUT2D eigenvalue weighted by molar-refractivity contribution is 5.79. The van der Waals surface area contributed by atoms with Gasteiger partial charge in [0.2, 0.25) is 0 Å². The highest BCUT2D eigenvalue weighted by atomic mass is 16.5. The maximum Gasteiger partial charge on any atom is 0.118 e. The van der Waals surface area contributed by atoms with Crippen molar-refractivity contribution in [3.8, 4) is 11.5 Å². The van der Waals surface area contributed by atoms with E-state index in [0.717, 1.165) is 11.5 Å². The predicted octanol–water partition coefficient (Wildman–Crippen LogP) is 4.90. The van der Waals surface area contributed by atoms with E-state index in [0.29, 0.717) is 0 Å². The number of benzene rings is 2. The monoisotopic (exact) mass is 306 g/mol. The zero-order chi connectivity index (χ0) is 16.6. The minimum atomic E-state index is -0.211. The van der Waals surface area contributed by atoms with Crippen LogP contribution < -0.4 is 9.47 Å². The third kappa shape index (κ3) is 2.26. The molecule has 0 aliphatic heterocycles. The van der Waals surface area contributed by atoms with E-state index in [1.807, 2.05) is 24.3 Å². The molecule has 0 atom stereocenters. The van der Waals surface area contributed by atoms with Crippen molar-refractivity contribution in [2.24, 2.45) is 0 Å². The van der Waals surface area contributed by atoms with E-state index in [1.54, 1.807) is 14.2 Å². The lowest BCUT2D eigenvalue weighted by Gasteiger charge is -2.17. The molecule has 1 aliphatic rings. The van der Waals surface area contributed by atoms with Crippen molar-refractivity contribution < 1.29 is 9.47 Å². The quantitative estimate of drug-likeness (QED) is 0.800. The van der Waals surface area contributed by atoms with Gasteiger partial charge in [-0.15, -0.1) is 0 Å². The summed E-state index contributed by atoms with van der Waals surface area (Å²) in [4.78, 5) is 0. The van der Waals surface area contributed by atoms with E-state index in [2.05, 4.69) is 44.7 Å². The topological polar surface area (TPSA) is 18.5 Å². The molecule has 0 spiro atoms. The van der Waals surface area contributed by atoms with Gasteiger partial charge in [0.25, 0.3) is 0 Å². The van der Waals surface area contributed by atoms with Crippen LogP contribution in [0.4, 0.5) is 0 Å². The molecule has 23 heavy (non-hydrogen) atoms. The van der Waals surface area contributed by atoms with E-state index >= 15 is 0 Å². The fourth-order valence-electron chi connectivity index (χ4n) is 3.50. The number of methoxy groups -OCH3 is 2. The maximum absolute atomic E-state index is 5.29. The molecule has 0 radical (unpaired) electrons. The lowest BCUT2D eigenvalue weighted by molar-refractivity contribution is 0.414. The van der Waals surface area contributed by atoms with Crippen molar-refractivity contribution in [3.05, 3.63) is 83.0 Å². The number of hydrogen-bond acceptors (Lipinski definition) is 2. The number of rotatable bonds is 4. The smallest absolute Gasteiger partial charge is 0.118 e. The van der Waals surface area contributed by atoms with Crippen molar-refractivity contribution >= 4 is 0 Å². The van der Waals surface area contributed by atoms with Gasteiger partial charge in [0, 0.05) is 0 Å². The van der Waals surface area contributed by atoms with Crippen LogP contribution in [0, 0.1) is 0 Å². The van der Waals surface area contributed by atoms with E-state index < -0.39 is 0 Å². The molecular formula is C21H22O2. The Hall–Kier alpha value is -2.48. The summed E-state index contributed by atoms with van der Waals surface area (Å²) in [5.74, 6) is 1.73. The Bertz CT molecular complexity index is 713. The summed E-state index contributed by atoms with van der Waals surface area (Å²) in [6.07, 6.45) is 0. The minimum Gasteiger partial charge on any atom is -0.497 e. The second-order valence-corrected chi connectivity index (χ2v) is 6.06. The van der Waals surface area contributed by atoms with Crippen molar-refractivity contribution in [1.82, 2.24) is 0 Å². The van der Waals surface area contributed by atoms with E-state index in [1.165, 1.54) is 27.8 Å². The van der Waals surface area contributed by atoms with Gasteiger partial charge < -0.3 is 9.47 Å². The standard InChI is InChI=1S/C21H22O2/c1-14(2)20-15(3)21(20,16-6-10-18(22-4)11-7-16)17-8-12-19(23-5)13-9-17/h6-13H,3H2,1-2,4-5H3. The average Bonchev–Trinajstić information content (AvgIpc) is 3.22. The van der Waals surface area contributed by atoms with Gasteiger partial charge in [-0.2, -0.15) is 0 Å². The Labute approximate surface area is 138 Å². The predicted molar refractivity (Wildman–Crippen MR) is 94.3 cm³/mol. The fourth-order valence-corrected chi connectivity index (χ4v) is 3.50. The minimum absolute atomic E-state index is 0.211. The molecule has 1 saturated carbocycles. The highest BCUT2D eigenvalue weighted by Crippen LogP contribution is 2.63. The third-order valence-corrected chi connectivity index (χ3v) is 4.61. The molecule has 2 heteroatoms. The highest BCUT2D eigenvalue weighted by Gasteiger charge is 2.56. The Morgan fingerprint density at radius 1 is 0.783 bits per heavy atom. The molecule has 2 aromatic rings. The molecule has 2 nitrogen and oxygen atoms in total. The molecule has 0 bridgehead atoms. The van der Waals surface area contributed by atoms with E-state index in [9.17, 15) is 0 Å². The molecule has 0 saturated heterocycles. The number of allylic oxidation sites excluding steroid dienone is 3. The van der Waals surface area contributed by atoms with Crippen LogP contribution in [0.1, 0.15) is 25.0 Å². The number of ether oxygens (including phenoxy) is 2. The van der Waals surface area contributed by atoms with E-state index in [4.69, 9.17) is 9.47 Å². The van der Waals surface area contributed by atoms with Crippen LogP contribution >= 0.6 is 0 Å². The SMILES string of the molecule is C=C1C(=C(C)C)C1(c1ccc(OC)cc1)c1ccc(OC)cc1. The number of hydrogen-bond donors (Lipinski definition) is 0. The summed E-state index contributed by atoms with van der Waals surface area (Å²) in [5, 5.41) is 0. The molecule has 0 unspecified atom stereocenters. The fraction of sp³-hybridized carbons (Fsp3) is 0.238. The summed E-state index contributed by atoms with van der Waals surface area (Å²) in [5.41, 5.74) is 6.05. The van der Waals surface area contributed by atoms with Gasteiger partial charge in [0.1, 0.15) is 11.5 Å². The third-order valence-electron chi connectivity index (χ3n) is 4.61. The lowest BCUT2D eigenvalue weighted by Crippen LogP contribution is -2.10. The zero-order valence-corrected chi connectivity index (χ0v) is 14.1. The summed E-state index contributed by atoms with van der Waals surface area (Å²) in [6.45, 7) is 8.64. The Morgan fingerprint density at radius 3 is 1.43 bits per heavy atom. The maximum atomic E-state index is 5.29. The molecule has 118 valence electrons. The first-order chi connectivity index (χ1) is 11.1. The van der Waals surface area contributed by atoms with Crippen LogP contribution in [-0.2, 0) is 5.41 Å². The summed E-state index contributed by atoms with van der Waals surface area (Å²) < 4.78 is 10.6. The lowest BCUT2D eigenvalue weighted by atomic mass is 9.85. The van der Waals surface area contributed by atoms with Crippen LogP contribution in [0.2, 0.25) is 0 Å². The van der Waals surface area contributed by atoms with Gasteiger partial charge in [0.05, 0.1) is 19.6 Å². The van der Waals surface area contributed by atoms with Crippen LogP contribution in [0.5, 0.6) is 11.5 Å². The van der Waals surface area contributed by atoms with Gasteiger partial charge in [-0.05, 0) is 60.4 Å². The normalized spacial score (nSPS) is 15.3. The first kappa shape index (κ1) is 15.4. The molecule has 1 fully saturated rings. The Kier molecular flexibility index (Phi) is 3.77. The van der Waals surface area contributed by atoms with Gasteiger partial charge in [-0.3, -0.25) is 0 Å². The largest absolute Gasteiger partial charge is 0.497 e. The van der Waals surface area contributed by atoms with Crippen molar-refractivity contribution in [3.63, 3.8) is 0 Å². The van der Waals surface area contributed by atoms with Gasteiger partial charge >= 0.3 is 0 Å². The zero-order valence-electron chi connectivity index (χ0n) is 14.1. The molecular weight excluding hydrogens is 284 g/mol. The second kappa shape index (κ2) is 5.62.